The van der Waals surface area contributed by atoms with Crippen molar-refractivity contribution in [1.29, 1.82) is 0 Å². The van der Waals surface area contributed by atoms with Crippen LogP contribution in [0, 0.1) is 0 Å². The van der Waals surface area contributed by atoms with E-state index in [2.05, 4.69) is 20.0 Å². The molecule has 3 N–H and O–H groups in total. The van der Waals surface area contributed by atoms with Crippen LogP contribution in [0.1, 0.15) is 16.8 Å². The van der Waals surface area contributed by atoms with Gasteiger partial charge in [0.05, 0.1) is 24.5 Å². The van der Waals surface area contributed by atoms with Gasteiger partial charge in [-0.1, -0.05) is 0 Å². The molecule has 0 saturated heterocycles. The molecule has 0 atom stereocenters. The van der Waals surface area contributed by atoms with Gasteiger partial charge >= 0.3 is 5.97 Å². The van der Waals surface area contributed by atoms with Crippen molar-refractivity contribution in [2.45, 2.75) is 13.0 Å². The number of rotatable bonds is 7. The summed E-state index contributed by atoms with van der Waals surface area (Å²) in [6, 6.07) is 0. The third-order valence-corrected chi connectivity index (χ3v) is 3.98. The highest BCUT2D eigenvalue weighted by Gasteiger charge is 2.18. The fourth-order valence-corrected chi connectivity index (χ4v) is 2.56. The summed E-state index contributed by atoms with van der Waals surface area (Å²) < 4.78 is 6.39. The lowest BCUT2D eigenvalue weighted by Crippen LogP contribution is -2.30. The van der Waals surface area contributed by atoms with Crippen molar-refractivity contribution in [3.05, 3.63) is 18.1 Å². The topological polar surface area (TPSA) is 112 Å². The van der Waals surface area contributed by atoms with Crippen molar-refractivity contribution in [3.8, 4) is 0 Å². The van der Waals surface area contributed by atoms with E-state index in [1.807, 2.05) is 10.8 Å². The summed E-state index contributed by atoms with van der Waals surface area (Å²) in [4.78, 5) is 31.7. The van der Waals surface area contributed by atoms with Crippen LogP contribution in [0.25, 0.3) is 11.0 Å². The number of aryl methyl sites for hydroxylation is 1. The second-order valence-corrected chi connectivity index (χ2v) is 5.78. The molecule has 23 heavy (non-hydrogen) atoms. The molecule has 0 unspecified atom stereocenters. The largest absolute Gasteiger partial charge is 0.468 e. The van der Waals surface area contributed by atoms with Crippen LogP contribution in [0.2, 0.25) is 0 Å². The summed E-state index contributed by atoms with van der Waals surface area (Å²) in [6.07, 6.45) is 6.04. The number of amides is 1. The van der Waals surface area contributed by atoms with Crippen LogP contribution < -0.4 is 11.1 Å². The number of pyridine rings is 1. The molecule has 2 rings (SSSR count). The summed E-state index contributed by atoms with van der Waals surface area (Å²) in [5.41, 5.74) is 7.29. The van der Waals surface area contributed by atoms with Gasteiger partial charge in [-0.3, -0.25) is 9.59 Å². The van der Waals surface area contributed by atoms with Crippen molar-refractivity contribution >= 4 is 40.5 Å². The first kappa shape index (κ1) is 17.1. The number of ether oxygens (including phenoxy) is 1. The van der Waals surface area contributed by atoms with E-state index in [9.17, 15) is 9.59 Å². The third-order valence-electron chi connectivity index (χ3n) is 3.28. The summed E-state index contributed by atoms with van der Waals surface area (Å²) in [5, 5.41) is 2.51. The smallest absolute Gasteiger partial charge is 0.325 e. The zero-order valence-electron chi connectivity index (χ0n) is 13.0. The van der Waals surface area contributed by atoms with E-state index < -0.39 is 11.9 Å². The van der Waals surface area contributed by atoms with E-state index in [0.717, 1.165) is 18.7 Å². The van der Waals surface area contributed by atoms with Crippen molar-refractivity contribution in [3.63, 3.8) is 0 Å². The van der Waals surface area contributed by atoms with Crippen LogP contribution in [0.4, 0.5) is 5.82 Å². The average molecular weight is 337 g/mol. The number of hydrogen-bond donors (Lipinski definition) is 2. The number of hydrogen-bond acceptors (Lipinski definition) is 7. The number of methoxy groups -OCH3 is 1. The number of fused-ring (bicyclic) bond motifs is 1. The molecule has 0 fully saturated rings. The quantitative estimate of drug-likeness (QED) is 0.564. The molecule has 0 spiro atoms. The van der Waals surface area contributed by atoms with Crippen molar-refractivity contribution < 1.29 is 14.3 Å². The fraction of sp³-hybridized carbons (Fsp3) is 0.429. The number of anilines is 1. The highest BCUT2D eigenvalue weighted by Crippen LogP contribution is 2.22. The highest BCUT2D eigenvalue weighted by atomic mass is 32.2. The Morgan fingerprint density at radius 2 is 2.22 bits per heavy atom. The number of nitrogens with two attached hydrogens (primary N) is 1. The molecule has 124 valence electrons. The van der Waals surface area contributed by atoms with Gasteiger partial charge in [-0.05, 0) is 18.4 Å². The first-order valence-corrected chi connectivity index (χ1v) is 8.41. The van der Waals surface area contributed by atoms with Gasteiger partial charge in [-0.2, -0.15) is 11.8 Å². The molecule has 0 aliphatic rings. The molecule has 8 nitrogen and oxygen atoms in total. The van der Waals surface area contributed by atoms with Crippen molar-refractivity contribution in [2.24, 2.45) is 0 Å². The molecule has 9 heteroatoms. The molecule has 0 saturated carbocycles. The molecular formula is C14H19N5O3S. The number of thioether (sulfide) groups is 1. The average Bonchev–Trinajstić information content (AvgIpc) is 2.98. The van der Waals surface area contributed by atoms with Gasteiger partial charge in [0.2, 0.25) is 0 Å². The monoisotopic (exact) mass is 337 g/mol. The van der Waals surface area contributed by atoms with Crippen LogP contribution >= 0.6 is 11.8 Å². The number of carbonyl (C=O) groups excluding carboxylic acids is 2. The molecule has 0 radical (unpaired) electrons. The van der Waals surface area contributed by atoms with E-state index in [0.29, 0.717) is 16.6 Å². The van der Waals surface area contributed by atoms with E-state index in [1.54, 1.807) is 18.1 Å². The van der Waals surface area contributed by atoms with Gasteiger partial charge in [0.15, 0.2) is 5.82 Å². The Morgan fingerprint density at radius 3 is 2.91 bits per heavy atom. The number of nitrogens with zero attached hydrogens (tertiary/aromatic N) is 3. The molecule has 1 amide bonds. The maximum atomic E-state index is 12.3. The minimum atomic E-state index is -0.522. The van der Waals surface area contributed by atoms with Gasteiger partial charge < -0.3 is 20.4 Å². The van der Waals surface area contributed by atoms with Crippen molar-refractivity contribution in [1.82, 2.24) is 19.9 Å². The predicted molar refractivity (Wildman–Crippen MR) is 89.3 cm³/mol. The first-order valence-electron chi connectivity index (χ1n) is 7.01. The number of nitrogens with one attached hydrogen (secondary N) is 1. The Labute approximate surface area is 137 Å². The summed E-state index contributed by atoms with van der Waals surface area (Å²) in [6.45, 7) is 0.514. The number of nitrogen functional groups attached to an aromatic ring is 1. The minimum absolute atomic E-state index is 0.207. The molecular weight excluding hydrogens is 318 g/mol. The molecule has 2 aromatic heterocycles. The Kier molecular flexibility index (Phi) is 5.80. The van der Waals surface area contributed by atoms with Crippen LogP contribution in [-0.4, -0.2) is 52.1 Å². The predicted octanol–water partition coefficient (Wildman–Crippen LogP) is 0.669. The van der Waals surface area contributed by atoms with Gasteiger partial charge in [0.25, 0.3) is 5.91 Å². The highest BCUT2D eigenvalue weighted by molar-refractivity contribution is 7.98. The normalized spacial score (nSPS) is 10.7. The van der Waals surface area contributed by atoms with Crippen LogP contribution in [0.5, 0.6) is 0 Å². The van der Waals surface area contributed by atoms with Crippen LogP contribution in [0.3, 0.4) is 0 Å². The Bertz CT molecular complexity index is 716. The van der Waals surface area contributed by atoms with Crippen LogP contribution in [-0.2, 0) is 16.1 Å². The zero-order valence-corrected chi connectivity index (χ0v) is 13.9. The van der Waals surface area contributed by atoms with E-state index in [-0.39, 0.29) is 12.4 Å². The SMILES string of the molecule is COC(=O)CNC(=O)c1cnc(N)c2ncn(CCCSC)c12. The number of imidazole rings is 1. The minimum Gasteiger partial charge on any atom is -0.468 e. The lowest BCUT2D eigenvalue weighted by atomic mass is 10.2. The van der Waals surface area contributed by atoms with Gasteiger partial charge in [0, 0.05) is 12.7 Å². The third kappa shape index (κ3) is 3.92. The lowest BCUT2D eigenvalue weighted by Gasteiger charge is -2.09. The van der Waals surface area contributed by atoms with Crippen LogP contribution in [0.15, 0.2) is 12.5 Å². The number of aromatic nitrogens is 3. The summed E-state index contributed by atoms with van der Waals surface area (Å²) >= 11 is 1.75. The second-order valence-electron chi connectivity index (χ2n) is 4.80. The first-order chi connectivity index (χ1) is 11.1. The maximum absolute atomic E-state index is 12.3. The Hall–Kier alpha value is -2.29. The van der Waals surface area contributed by atoms with Gasteiger partial charge in [0.1, 0.15) is 12.1 Å². The summed E-state index contributed by atoms with van der Waals surface area (Å²) in [5.74, 6) is 0.337. The molecule has 2 heterocycles. The second kappa shape index (κ2) is 7.82. The molecule has 0 aliphatic carbocycles. The Balaban J connectivity index is 2.31. The number of esters is 1. The number of carbonyl (C=O) groups is 2. The van der Waals surface area contributed by atoms with E-state index in [1.165, 1.54) is 13.3 Å². The standard InChI is InChI=1S/C14H19N5O3S/c1-22-10(20)7-17-14(21)9-6-16-13(15)11-12(9)19(8-18-11)4-3-5-23-2/h6,8H,3-5,7H2,1-2H3,(H2,15,16)(H,17,21). The van der Waals surface area contributed by atoms with E-state index in [4.69, 9.17) is 5.73 Å². The van der Waals surface area contributed by atoms with Crippen molar-refractivity contribution in [2.75, 3.05) is 31.4 Å². The molecule has 0 aliphatic heterocycles. The zero-order chi connectivity index (χ0) is 16.8. The molecule has 2 aromatic rings. The molecule has 0 aromatic carbocycles. The maximum Gasteiger partial charge on any atom is 0.325 e. The van der Waals surface area contributed by atoms with Gasteiger partial charge in [-0.25, -0.2) is 9.97 Å². The summed E-state index contributed by atoms with van der Waals surface area (Å²) in [7, 11) is 1.26. The van der Waals surface area contributed by atoms with E-state index >= 15 is 0 Å². The molecule has 0 bridgehead atoms. The fourth-order valence-electron chi connectivity index (χ4n) is 2.14. The van der Waals surface area contributed by atoms with Gasteiger partial charge in [-0.15, -0.1) is 0 Å². The lowest BCUT2D eigenvalue weighted by molar-refractivity contribution is -0.139. The Morgan fingerprint density at radius 1 is 1.43 bits per heavy atom.